The minimum absolute atomic E-state index is 0.820. The van der Waals surface area contributed by atoms with Gasteiger partial charge in [-0.05, 0) is 35.2 Å². The molecule has 0 saturated heterocycles. The molecule has 0 aliphatic heterocycles. The molecular weight excluding hydrogens is 569 g/mol. The van der Waals surface area contributed by atoms with E-state index in [9.17, 15) is 0 Å². The highest BCUT2D eigenvalue weighted by Gasteiger charge is 2.60. The number of hydrogen-bond donors (Lipinski definition) is 0. The highest BCUT2D eigenvalue weighted by Crippen LogP contribution is 2.27. The summed E-state index contributed by atoms with van der Waals surface area (Å²) in [5.74, 6) is 0. The molecule has 0 bridgehead atoms. The fourth-order valence-corrected chi connectivity index (χ4v) is 19.8. The Labute approximate surface area is 242 Å². The van der Waals surface area contributed by atoms with E-state index in [-0.39, 0.29) is 0 Å². The third-order valence-corrected chi connectivity index (χ3v) is 22.6. The molecule has 3 unspecified atom stereocenters. The van der Waals surface area contributed by atoms with Gasteiger partial charge in [0, 0.05) is 26.5 Å². The monoisotopic (exact) mass is 606 g/mol. The summed E-state index contributed by atoms with van der Waals surface area (Å²) < 4.78 is 40.7. The van der Waals surface area contributed by atoms with Crippen LogP contribution < -0.4 is 20.7 Å². The van der Waals surface area contributed by atoms with Crippen molar-refractivity contribution >= 4 is 55.2 Å². The zero-order valence-electron chi connectivity index (χ0n) is 24.0. The van der Waals surface area contributed by atoms with Gasteiger partial charge in [0.2, 0.25) is 0 Å². The zero-order valence-corrected chi connectivity index (χ0v) is 28.0. The van der Waals surface area contributed by atoms with Crippen LogP contribution in [0.3, 0.4) is 0 Å². The second kappa shape index (κ2) is 13.0. The highest BCUT2D eigenvalue weighted by molar-refractivity contribution is 7.00. The van der Waals surface area contributed by atoms with Gasteiger partial charge in [-0.3, -0.25) is 0 Å². The first-order valence-corrected chi connectivity index (χ1v) is 21.9. The van der Waals surface area contributed by atoms with Gasteiger partial charge >= 0.3 is 34.5 Å². The van der Waals surface area contributed by atoms with E-state index in [0.717, 1.165) is 20.7 Å². The van der Waals surface area contributed by atoms with Crippen molar-refractivity contribution in [3.05, 3.63) is 121 Å². The Morgan fingerprint density at radius 3 is 0.800 bits per heavy atom. The second-order valence-corrected chi connectivity index (χ2v) is 22.5. The molecule has 40 heavy (non-hydrogen) atoms. The molecule has 0 spiro atoms. The highest BCUT2D eigenvalue weighted by atomic mass is 28.5. The Balaban J connectivity index is 1.97. The van der Waals surface area contributed by atoms with Crippen LogP contribution in [0, 0.1) is 0 Å². The van der Waals surface area contributed by atoms with Crippen LogP contribution in [0.1, 0.15) is 0 Å². The third-order valence-electron chi connectivity index (χ3n) is 7.18. The van der Waals surface area contributed by atoms with Gasteiger partial charge in [0.15, 0.2) is 0 Å². The SMILES string of the molecule is CO[Si](C)(O[Si](O[Si](C)(OC)c1ccccc1)(O[Si](C)(OC)c1ccccc1)c1ccccc1)c1ccccc1. The van der Waals surface area contributed by atoms with Gasteiger partial charge in [0.05, 0.1) is 0 Å². The quantitative estimate of drug-likeness (QED) is 0.216. The van der Waals surface area contributed by atoms with Crippen LogP contribution in [0.25, 0.3) is 0 Å². The van der Waals surface area contributed by atoms with E-state index in [1.807, 2.05) is 141 Å². The van der Waals surface area contributed by atoms with Crippen molar-refractivity contribution in [2.75, 3.05) is 21.3 Å². The Bertz CT molecular complexity index is 1200. The molecule has 0 fully saturated rings. The first kappa shape index (κ1) is 30.5. The summed E-state index contributed by atoms with van der Waals surface area (Å²) in [4.78, 5) is 0. The normalized spacial score (nSPS) is 17.6. The minimum atomic E-state index is -3.88. The van der Waals surface area contributed by atoms with Crippen molar-refractivity contribution in [3.8, 4) is 0 Å². The first-order chi connectivity index (χ1) is 19.2. The van der Waals surface area contributed by atoms with Gasteiger partial charge in [-0.2, -0.15) is 0 Å². The van der Waals surface area contributed by atoms with Crippen molar-refractivity contribution in [1.82, 2.24) is 0 Å². The fraction of sp³-hybridized carbons (Fsp3) is 0.200. The van der Waals surface area contributed by atoms with E-state index in [1.165, 1.54) is 0 Å². The average molecular weight is 607 g/mol. The molecule has 0 radical (unpaired) electrons. The van der Waals surface area contributed by atoms with Crippen molar-refractivity contribution < 1.29 is 25.6 Å². The summed E-state index contributed by atoms with van der Waals surface area (Å²) >= 11 is 0. The van der Waals surface area contributed by atoms with Gasteiger partial charge in [0.25, 0.3) is 0 Å². The van der Waals surface area contributed by atoms with Crippen LogP contribution in [0.2, 0.25) is 19.6 Å². The van der Waals surface area contributed by atoms with Crippen LogP contribution in [0.5, 0.6) is 0 Å². The van der Waals surface area contributed by atoms with Crippen molar-refractivity contribution in [2.45, 2.75) is 19.6 Å². The predicted molar refractivity (Wildman–Crippen MR) is 169 cm³/mol. The summed E-state index contributed by atoms with van der Waals surface area (Å²) in [7, 11) is -8.10. The summed E-state index contributed by atoms with van der Waals surface area (Å²) in [6, 6.07) is 40.1. The molecule has 0 N–H and O–H groups in total. The maximum atomic E-state index is 7.31. The molecule has 0 amide bonds. The molecule has 0 aliphatic carbocycles. The molecule has 0 saturated carbocycles. The Hall–Kier alpha value is -2.49. The molecule has 0 aromatic heterocycles. The smallest absolute Gasteiger partial charge is 0.395 e. The van der Waals surface area contributed by atoms with E-state index in [1.54, 1.807) is 21.3 Å². The van der Waals surface area contributed by atoms with E-state index in [4.69, 9.17) is 25.6 Å². The molecule has 4 aromatic carbocycles. The summed E-state index contributed by atoms with van der Waals surface area (Å²) in [5.41, 5.74) is 0. The van der Waals surface area contributed by atoms with Gasteiger partial charge in [0.1, 0.15) is 0 Å². The van der Waals surface area contributed by atoms with Gasteiger partial charge in [-0.15, -0.1) is 0 Å². The zero-order chi connectivity index (χ0) is 28.7. The molecule has 4 rings (SSSR count). The lowest BCUT2D eigenvalue weighted by Gasteiger charge is -2.45. The summed E-state index contributed by atoms with van der Waals surface area (Å²) in [6.45, 7) is 6.09. The number of benzene rings is 4. The molecule has 0 heterocycles. The number of hydrogen-bond acceptors (Lipinski definition) is 6. The molecule has 0 aliphatic rings. The van der Waals surface area contributed by atoms with E-state index in [0.29, 0.717) is 0 Å². The Morgan fingerprint density at radius 2 is 0.575 bits per heavy atom. The minimum Gasteiger partial charge on any atom is -0.395 e. The molecule has 210 valence electrons. The van der Waals surface area contributed by atoms with Crippen LogP contribution in [-0.4, -0.2) is 55.8 Å². The standard InChI is InChI=1S/C30H38O6Si4/c1-31-37(4,27-19-11-7-12-20-27)34-40(30-25-17-10-18-26-30,35-38(5,32-2)28-21-13-8-14-22-28)36-39(6,33-3)29-23-15-9-16-24-29/h7-26H,1-6H3. The first-order valence-electron chi connectivity index (χ1n) is 13.2. The van der Waals surface area contributed by atoms with E-state index >= 15 is 0 Å². The van der Waals surface area contributed by atoms with Gasteiger partial charge < -0.3 is 25.6 Å². The largest absolute Gasteiger partial charge is 0.511 e. The van der Waals surface area contributed by atoms with Crippen LogP contribution in [0.15, 0.2) is 121 Å². The lowest BCUT2D eigenvalue weighted by molar-refractivity contribution is 0.181. The lowest BCUT2D eigenvalue weighted by Crippen LogP contribution is -2.75. The fourth-order valence-electron chi connectivity index (χ4n) is 4.53. The van der Waals surface area contributed by atoms with Crippen LogP contribution >= 0.6 is 0 Å². The molecule has 10 heteroatoms. The van der Waals surface area contributed by atoms with Crippen molar-refractivity contribution in [1.29, 1.82) is 0 Å². The van der Waals surface area contributed by atoms with Gasteiger partial charge in [-0.25, -0.2) is 0 Å². The van der Waals surface area contributed by atoms with E-state index in [2.05, 4.69) is 0 Å². The van der Waals surface area contributed by atoms with Crippen molar-refractivity contribution in [2.24, 2.45) is 0 Å². The predicted octanol–water partition coefficient (Wildman–Crippen LogP) is 3.76. The maximum Gasteiger partial charge on any atom is 0.511 e. The lowest BCUT2D eigenvalue weighted by atomic mass is 10.4. The summed E-state index contributed by atoms with van der Waals surface area (Å²) in [6.07, 6.45) is 0. The topological polar surface area (TPSA) is 55.4 Å². The number of rotatable bonds is 13. The molecule has 6 nitrogen and oxygen atoms in total. The Kier molecular flexibility index (Phi) is 9.90. The molecule has 3 atom stereocenters. The van der Waals surface area contributed by atoms with E-state index < -0.39 is 34.5 Å². The third kappa shape index (κ3) is 6.52. The average Bonchev–Trinajstić information content (AvgIpc) is 3.02. The molecular formula is C30H38O6Si4. The summed E-state index contributed by atoms with van der Waals surface area (Å²) in [5, 5.41) is 3.73. The van der Waals surface area contributed by atoms with Crippen LogP contribution in [0.4, 0.5) is 0 Å². The van der Waals surface area contributed by atoms with Crippen molar-refractivity contribution in [3.63, 3.8) is 0 Å². The van der Waals surface area contributed by atoms with Crippen LogP contribution in [-0.2, 0) is 25.6 Å². The molecule has 4 aromatic rings. The maximum absolute atomic E-state index is 7.31. The second-order valence-electron chi connectivity index (χ2n) is 9.78. The Morgan fingerprint density at radius 1 is 0.350 bits per heavy atom. The van der Waals surface area contributed by atoms with Gasteiger partial charge in [-0.1, -0.05) is 121 Å².